The van der Waals surface area contributed by atoms with Crippen molar-refractivity contribution in [2.24, 2.45) is 11.8 Å². The normalized spacial score (nSPS) is 12.3. The minimum absolute atomic E-state index is 0.00298. The molecule has 0 spiro atoms. The Morgan fingerprint density at radius 3 is 1.76 bits per heavy atom. The zero-order chi connectivity index (χ0) is 13.6. The molecule has 0 bridgehead atoms. The Morgan fingerprint density at radius 1 is 1.06 bits per heavy atom. The van der Waals surface area contributed by atoms with Crippen molar-refractivity contribution in [1.29, 1.82) is 0 Å². The van der Waals surface area contributed by atoms with Crippen LogP contribution in [0.1, 0.15) is 48.5 Å². The molecule has 1 amide bonds. The summed E-state index contributed by atoms with van der Waals surface area (Å²) in [4.78, 5) is 14.1. The molecule has 0 saturated carbocycles. The number of nitrogens with zero attached hydrogens (tertiary/aromatic N) is 1. The van der Waals surface area contributed by atoms with Crippen LogP contribution in [0.4, 0.5) is 0 Å². The van der Waals surface area contributed by atoms with Crippen molar-refractivity contribution >= 4 is 5.91 Å². The molecule has 0 aromatic heterocycles. The molecule has 0 aliphatic carbocycles. The van der Waals surface area contributed by atoms with Gasteiger partial charge in [-0.15, -0.1) is 0 Å². The average Bonchev–Trinajstić information content (AvgIpc) is 2.10. The maximum Gasteiger partial charge on any atom is 0.236 e. The van der Waals surface area contributed by atoms with Crippen LogP contribution in [0, 0.1) is 11.8 Å². The highest BCUT2D eigenvalue weighted by molar-refractivity contribution is 5.78. The predicted molar refractivity (Wildman–Crippen MR) is 74.0 cm³/mol. The van der Waals surface area contributed by atoms with Crippen LogP contribution >= 0.6 is 0 Å². The molecule has 0 aromatic carbocycles. The number of carbonyl (C=O) groups excluding carboxylic acids is 1. The van der Waals surface area contributed by atoms with Gasteiger partial charge in [-0.05, 0) is 32.6 Å². The highest BCUT2D eigenvalue weighted by atomic mass is 16.2. The SMILES string of the molecule is CC(C)CN(CC(C)C)C(=O)CNC(C)(C)C. The summed E-state index contributed by atoms with van der Waals surface area (Å²) in [6, 6.07) is 0. The summed E-state index contributed by atoms with van der Waals surface area (Å²) in [7, 11) is 0. The van der Waals surface area contributed by atoms with E-state index in [9.17, 15) is 4.79 Å². The van der Waals surface area contributed by atoms with E-state index in [-0.39, 0.29) is 11.4 Å². The van der Waals surface area contributed by atoms with Gasteiger partial charge in [0.2, 0.25) is 5.91 Å². The van der Waals surface area contributed by atoms with E-state index in [1.807, 2.05) is 4.90 Å². The molecular weight excluding hydrogens is 212 g/mol. The minimum Gasteiger partial charge on any atom is -0.341 e. The van der Waals surface area contributed by atoms with Crippen LogP contribution in [-0.2, 0) is 4.79 Å². The van der Waals surface area contributed by atoms with Gasteiger partial charge >= 0.3 is 0 Å². The van der Waals surface area contributed by atoms with Crippen molar-refractivity contribution in [1.82, 2.24) is 10.2 Å². The summed E-state index contributed by atoms with van der Waals surface area (Å²) in [5.74, 6) is 1.25. The minimum atomic E-state index is -0.00298. The van der Waals surface area contributed by atoms with Gasteiger partial charge in [0.05, 0.1) is 6.54 Å². The largest absolute Gasteiger partial charge is 0.341 e. The maximum absolute atomic E-state index is 12.1. The second kappa shape index (κ2) is 7.00. The quantitative estimate of drug-likeness (QED) is 0.776. The Morgan fingerprint density at radius 2 is 1.47 bits per heavy atom. The number of amides is 1. The van der Waals surface area contributed by atoms with Gasteiger partial charge in [-0.25, -0.2) is 0 Å². The molecule has 17 heavy (non-hydrogen) atoms. The number of carbonyl (C=O) groups is 1. The third-order valence-corrected chi connectivity index (χ3v) is 2.29. The third kappa shape index (κ3) is 9.16. The predicted octanol–water partition coefficient (Wildman–Crippen LogP) is 2.52. The summed E-state index contributed by atoms with van der Waals surface area (Å²) in [6.07, 6.45) is 0. The standard InChI is InChI=1S/C14H30N2O/c1-11(2)9-16(10-12(3)4)13(17)8-15-14(5,6)7/h11-12,15H,8-10H2,1-7H3. The fourth-order valence-electron chi connectivity index (χ4n) is 1.61. The summed E-state index contributed by atoms with van der Waals surface area (Å²) in [6.45, 7) is 17.0. The zero-order valence-electron chi connectivity index (χ0n) is 12.6. The highest BCUT2D eigenvalue weighted by Gasteiger charge is 2.18. The second-order valence-electron chi connectivity index (χ2n) is 6.69. The van der Waals surface area contributed by atoms with Gasteiger partial charge in [0.25, 0.3) is 0 Å². The molecule has 102 valence electrons. The molecule has 0 atom stereocenters. The van der Waals surface area contributed by atoms with E-state index in [0.29, 0.717) is 18.4 Å². The molecule has 0 radical (unpaired) electrons. The Hall–Kier alpha value is -0.570. The van der Waals surface area contributed by atoms with Crippen LogP contribution in [0.2, 0.25) is 0 Å². The molecule has 0 fully saturated rings. The van der Waals surface area contributed by atoms with Gasteiger partial charge in [0, 0.05) is 18.6 Å². The van der Waals surface area contributed by atoms with Crippen molar-refractivity contribution in [3.8, 4) is 0 Å². The lowest BCUT2D eigenvalue weighted by Gasteiger charge is -2.28. The summed E-state index contributed by atoms with van der Waals surface area (Å²) in [5, 5.41) is 3.26. The third-order valence-electron chi connectivity index (χ3n) is 2.29. The Kier molecular flexibility index (Phi) is 6.76. The first-order valence-electron chi connectivity index (χ1n) is 6.64. The van der Waals surface area contributed by atoms with Crippen molar-refractivity contribution in [2.45, 2.75) is 54.0 Å². The molecule has 0 heterocycles. The number of rotatable bonds is 6. The van der Waals surface area contributed by atoms with E-state index < -0.39 is 0 Å². The number of hydrogen-bond acceptors (Lipinski definition) is 2. The van der Waals surface area contributed by atoms with Crippen LogP contribution in [0.15, 0.2) is 0 Å². The average molecular weight is 242 g/mol. The first-order valence-corrected chi connectivity index (χ1v) is 6.64. The molecule has 0 aromatic rings. The lowest BCUT2D eigenvalue weighted by atomic mass is 10.1. The van der Waals surface area contributed by atoms with Crippen molar-refractivity contribution < 1.29 is 4.79 Å². The van der Waals surface area contributed by atoms with E-state index in [0.717, 1.165) is 13.1 Å². The summed E-state index contributed by atoms with van der Waals surface area (Å²) in [5.41, 5.74) is -0.00298. The van der Waals surface area contributed by atoms with E-state index in [1.54, 1.807) is 0 Å². The van der Waals surface area contributed by atoms with Gasteiger partial charge < -0.3 is 10.2 Å². The van der Waals surface area contributed by atoms with Gasteiger partial charge in [-0.2, -0.15) is 0 Å². The molecule has 0 aliphatic heterocycles. The topological polar surface area (TPSA) is 32.3 Å². The van der Waals surface area contributed by atoms with Crippen LogP contribution in [0.25, 0.3) is 0 Å². The lowest BCUT2D eigenvalue weighted by Crippen LogP contribution is -2.46. The molecule has 3 heteroatoms. The maximum atomic E-state index is 12.1. The van der Waals surface area contributed by atoms with E-state index in [1.165, 1.54) is 0 Å². The molecule has 0 aliphatic rings. The first kappa shape index (κ1) is 16.4. The molecule has 0 rings (SSSR count). The van der Waals surface area contributed by atoms with Crippen LogP contribution in [-0.4, -0.2) is 36.0 Å². The summed E-state index contributed by atoms with van der Waals surface area (Å²) < 4.78 is 0. The van der Waals surface area contributed by atoms with E-state index in [4.69, 9.17) is 0 Å². The van der Waals surface area contributed by atoms with Crippen molar-refractivity contribution in [3.63, 3.8) is 0 Å². The van der Waals surface area contributed by atoms with Crippen LogP contribution in [0.5, 0.6) is 0 Å². The highest BCUT2D eigenvalue weighted by Crippen LogP contribution is 2.05. The Balaban J connectivity index is 4.32. The van der Waals surface area contributed by atoms with Gasteiger partial charge in [0.1, 0.15) is 0 Å². The number of hydrogen-bond donors (Lipinski definition) is 1. The fourth-order valence-corrected chi connectivity index (χ4v) is 1.61. The molecule has 0 saturated heterocycles. The van der Waals surface area contributed by atoms with Crippen LogP contribution < -0.4 is 5.32 Å². The first-order chi connectivity index (χ1) is 7.61. The molecule has 1 N–H and O–H groups in total. The molecular formula is C14H30N2O. The number of nitrogens with one attached hydrogen (secondary N) is 1. The van der Waals surface area contributed by atoms with Gasteiger partial charge in [-0.3, -0.25) is 4.79 Å². The Labute approximate surface area is 107 Å². The fraction of sp³-hybridized carbons (Fsp3) is 0.929. The lowest BCUT2D eigenvalue weighted by molar-refractivity contribution is -0.131. The Bertz CT molecular complexity index is 219. The van der Waals surface area contributed by atoms with Gasteiger partial charge in [-0.1, -0.05) is 27.7 Å². The van der Waals surface area contributed by atoms with Crippen molar-refractivity contribution in [2.75, 3.05) is 19.6 Å². The van der Waals surface area contributed by atoms with Crippen molar-refractivity contribution in [3.05, 3.63) is 0 Å². The smallest absolute Gasteiger partial charge is 0.236 e. The summed E-state index contributed by atoms with van der Waals surface area (Å²) >= 11 is 0. The molecule has 3 nitrogen and oxygen atoms in total. The second-order valence-corrected chi connectivity index (χ2v) is 6.69. The zero-order valence-corrected chi connectivity index (χ0v) is 12.6. The van der Waals surface area contributed by atoms with Gasteiger partial charge in [0.15, 0.2) is 0 Å². The van der Waals surface area contributed by atoms with E-state index >= 15 is 0 Å². The van der Waals surface area contributed by atoms with E-state index in [2.05, 4.69) is 53.8 Å². The molecule has 0 unspecified atom stereocenters. The van der Waals surface area contributed by atoms with Crippen LogP contribution in [0.3, 0.4) is 0 Å². The monoisotopic (exact) mass is 242 g/mol.